The number of ether oxygens (including phenoxy) is 1. The largest absolute Gasteiger partial charge is 0.422 e. The van der Waals surface area contributed by atoms with Crippen molar-refractivity contribution in [1.82, 2.24) is 9.55 Å². The molecule has 0 aliphatic rings. The van der Waals surface area contributed by atoms with E-state index in [1.165, 1.54) is 42.5 Å². The lowest BCUT2D eigenvalue weighted by molar-refractivity contribution is 0.0688. The minimum Gasteiger partial charge on any atom is -0.422 e. The van der Waals surface area contributed by atoms with Gasteiger partial charge in [-0.3, -0.25) is 0 Å². The Kier molecular flexibility index (Phi) is 6.18. The molecule has 5 rings (SSSR count). The van der Waals surface area contributed by atoms with E-state index in [1.54, 1.807) is 12.1 Å². The van der Waals surface area contributed by atoms with Crippen molar-refractivity contribution in [3.8, 4) is 0 Å². The van der Waals surface area contributed by atoms with Gasteiger partial charge >= 0.3 is 5.97 Å². The number of fused-ring (bicyclic) bond motifs is 1. The van der Waals surface area contributed by atoms with Gasteiger partial charge < -0.3 is 9.30 Å². The molecule has 4 aromatic carbocycles. The van der Waals surface area contributed by atoms with Crippen molar-refractivity contribution in [2.75, 3.05) is 0 Å². The third-order valence-corrected chi connectivity index (χ3v) is 5.56. The van der Waals surface area contributed by atoms with Crippen LogP contribution in [0, 0.1) is 11.6 Å². The van der Waals surface area contributed by atoms with Crippen molar-refractivity contribution in [3.63, 3.8) is 0 Å². The second kappa shape index (κ2) is 9.73. The third-order valence-electron chi connectivity index (χ3n) is 5.56. The minimum atomic E-state index is -0.927. The van der Waals surface area contributed by atoms with Gasteiger partial charge in [0.25, 0.3) is 0 Å². The first-order valence-corrected chi connectivity index (χ1v) is 11.0. The Balaban J connectivity index is 1.64. The topological polar surface area (TPSA) is 44.1 Å². The number of esters is 1. The molecule has 172 valence electrons. The fraction of sp³-hybridized carbons (Fsp3) is 0.0345. The van der Waals surface area contributed by atoms with Crippen molar-refractivity contribution in [3.05, 3.63) is 137 Å². The van der Waals surface area contributed by atoms with Gasteiger partial charge in [0, 0.05) is 12.6 Å². The van der Waals surface area contributed by atoms with Crippen molar-refractivity contribution < 1.29 is 18.3 Å². The van der Waals surface area contributed by atoms with Gasteiger partial charge in [0.15, 0.2) is 0 Å². The first-order chi connectivity index (χ1) is 17.1. The number of para-hydroxylation sites is 2. The number of nitrogens with zero attached hydrogens (tertiary/aromatic N) is 2. The third kappa shape index (κ3) is 4.73. The number of benzene rings is 4. The Morgan fingerprint density at radius 2 is 1.37 bits per heavy atom. The van der Waals surface area contributed by atoms with Gasteiger partial charge in [-0.1, -0.05) is 66.7 Å². The number of hydrogen-bond acceptors (Lipinski definition) is 3. The van der Waals surface area contributed by atoms with Gasteiger partial charge in [-0.25, -0.2) is 18.6 Å². The monoisotopic (exact) mass is 466 g/mol. The second-order valence-corrected chi connectivity index (χ2v) is 7.89. The highest BCUT2D eigenvalue weighted by atomic mass is 19.1. The molecule has 1 aromatic heterocycles. The highest BCUT2D eigenvalue weighted by molar-refractivity contribution is 5.95. The lowest BCUT2D eigenvalue weighted by atomic mass is 10.1. The van der Waals surface area contributed by atoms with E-state index in [9.17, 15) is 13.6 Å². The molecule has 0 bridgehead atoms. The lowest BCUT2D eigenvalue weighted by Crippen LogP contribution is -2.09. The molecule has 1 heterocycles. The summed E-state index contributed by atoms with van der Waals surface area (Å²) in [6, 6.07) is 28.9. The lowest BCUT2D eigenvalue weighted by Gasteiger charge is -2.12. The summed E-state index contributed by atoms with van der Waals surface area (Å²) < 4.78 is 36.6. The van der Waals surface area contributed by atoms with Crippen LogP contribution in [0.2, 0.25) is 0 Å². The highest BCUT2D eigenvalue weighted by Crippen LogP contribution is 2.26. The maximum absolute atomic E-state index is 14.8. The van der Waals surface area contributed by atoms with E-state index in [0.717, 1.165) is 16.6 Å². The maximum Gasteiger partial charge on any atom is 0.346 e. The van der Waals surface area contributed by atoms with E-state index in [4.69, 9.17) is 9.72 Å². The van der Waals surface area contributed by atoms with Crippen molar-refractivity contribution in [2.45, 2.75) is 6.54 Å². The molecule has 4 nitrogen and oxygen atoms in total. The number of imidazole rings is 1. The summed E-state index contributed by atoms with van der Waals surface area (Å²) in [5, 5.41) is 0. The molecule has 0 saturated carbocycles. The molecule has 0 fully saturated rings. The molecule has 5 aromatic rings. The van der Waals surface area contributed by atoms with E-state index in [2.05, 4.69) is 0 Å². The summed E-state index contributed by atoms with van der Waals surface area (Å²) in [7, 11) is 0. The number of hydrogen-bond donors (Lipinski definition) is 0. The fourth-order valence-corrected chi connectivity index (χ4v) is 3.86. The van der Waals surface area contributed by atoms with Crippen LogP contribution in [0.5, 0.6) is 0 Å². The standard InChI is InChI=1S/C29H20F2N2O2/c30-23-14-6-4-12-21(23)27(35-29(34)22-13-5-7-15-24(22)31)18-28-32-25-16-8-9-17-26(25)33(28)19-20-10-2-1-3-11-20/h1-18H,19H2. The molecule has 0 atom stereocenters. The van der Waals surface area contributed by atoms with Crippen LogP contribution in [-0.2, 0) is 11.3 Å². The average molecular weight is 466 g/mol. The smallest absolute Gasteiger partial charge is 0.346 e. The highest BCUT2D eigenvalue weighted by Gasteiger charge is 2.20. The zero-order chi connectivity index (χ0) is 24.2. The molecule has 0 unspecified atom stereocenters. The van der Waals surface area contributed by atoms with Gasteiger partial charge in [0.1, 0.15) is 23.2 Å². The average Bonchev–Trinajstić information content (AvgIpc) is 3.21. The number of rotatable bonds is 6. The van der Waals surface area contributed by atoms with E-state index >= 15 is 0 Å². The second-order valence-electron chi connectivity index (χ2n) is 7.89. The first kappa shape index (κ1) is 22.2. The number of aromatic nitrogens is 2. The summed E-state index contributed by atoms with van der Waals surface area (Å²) in [6.45, 7) is 0.499. The Bertz CT molecular complexity index is 1540. The van der Waals surface area contributed by atoms with Gasteiger partial charge in [-0.05, 0) is 42.0 Å². The summed E-state index contributed by atoms with van der Waals surface area (Å²) in [5.74, 6) is -1.83. The predicted octanol–water partition coefficient (Wildman–Crippen LogP) is 6.72. The molecule has 0 spiro atoms. The van der Waals surface area contributed by atoms with Gasteiger partial charge in [0.05, 0.1) is 22.2 Å². The summed E-state index contributed by atoms with van der Waals surface area (Å²) in [4.78, 5) is 17.5. The van der Waals surface area contributed by atoms with Crippen molar-refractivity contribution in [1.29, 1.82) is 0 Å². The van der Waals surface area contributed by atoms with E-state index < -0.39 is 17.6 Å². The van der Waals surface area contributed by atoms with E-state index in [-0.39, 0.29) is 16.9 Å². The first-order valence-electron chi connectivity index (χ1n) is 11.0. The van der Waals surface area contributed by atoms with Gasteiger partial charge in [-0.15, -0.1) is 0 Å². The minimum absolute atomic E-state index is 0.0653. The SMILES string of the molecule is O=C(OC(=Cc1nc2ccccc2n1Cc1ccccc1)c1ccccc1F)c1ccccc1F. The summed E-state index contributed by atoms with van der Waals surface area (Å²) in [6.07, 6.45) is 1.51. The molecule has 0 aliphatic carbocycles. The van der Waals surface area contributed by atoms with Gasteiger partial charge in [-0.2, -0.15) is 0 Å². The van der Waals surface area contributed by atoms with Crippen LogP contribution in [-0.4, -0.2) is 15.5 Å². The molecular weight excluding hydrogens is 446 g/mol. The van der Waals surface area contributed by atoms with E-state index in [1.807, 2.05) is 59.2 Å². The number of halogens is 2. The zero-order valence-corrected chi connectivity index (χ0v) is 18.6. The zero-order valence-electron chi connectivity index (χ0n) is 18.6. The van der Waals surface area contributed by atoms with Crippen LogP contribution in [0.1, 0.15) is 27.3 Å². The van der Waals surface area contributed by atoms with Crippen molar-refractivity contribution >= 4 is 28.8 Å². The van der Waals surface area contributed by atoms with Gasteiger partial charge in [0.2, 0.25) is 0 Å². The molecule has 0 saturated heterocycles. The predicted molar refractivity (Wildman–Crippen MR) is 131 cm³/mol. The Morgan fingerprint density at radius 3 is 2.09 bits per heavy atom. The molecule has 0 aliphatic heterocycles. The summed E-state index contributed by atoms with van der Waals surface area (Å²) in [5.41, 5.74) is 2.48. The number of carbonyl (C=O) groups is 1. The molecule has 0 amide bonds. The molecule has 0 N–H and O–H groups in total. The van der Waals surface area contributed by atoms with E-state index in [0.29, 0.717) is 12.4 Å². The molecule has 6 heteroatoms. The van der Waals surface area contributed by atoms with Crippen LogP contribution < -0.4 is 0 Å². The van der Waals surface area contributed by atoms with Crippen LogP contribution in [0.15, 0.2) is 103 Å². The molecular formula is C29H20F2N2O2. The van der Waals surface area contributed by atoms with Crippen LogP contribution >= 0.6 is 0 Å². The number of carbonyl (C=O) groups excluding carboxylic acids is 1. The normalized spacial score (nSPS) is 11.5. The molecule has 0 radical (unpaired) electrons. The quantitative estimate of drug-likeness (QED) is 0.206. The molecule has 35 heavy (non-hydrogen) atoms. The Labute approximate surface area is 200 Å². The fourth-order valence-electron chi connectivity index (χ4n) is 3.86. The Morgan fingerprint density at radius 1 is 0.771 bits per heavy atom. The van der Waals surface area contributed by atoms with Crippen LogP contribution in [0.25, 0.3) is 22.9 Å². The Hall–Kier alpha value is -4.58. The van der Waals surface area contributed by atoms with Crippen LogP contribution in [0.3, 0.4) is 0 Å². The van der Waals surface area contributed by atoms with Crippen LogP contribution in [0.4, 0.5) is 8.78 Å². The van der Waals surface area contributed by atoms with Crippen molar-refractivity contribution in [2.24, 2.45) is 0 Å². The maximum atomic E-state index is 14.8. The summed E-state index contributed by atoms with van der Waals surface area (Å²) >= 11 is 0.